The van der Waals surface area contributed by atoms with Crippen molar-refractivity contribution >= 4 is 46.7 Å². The fourth-order valence-electron chi connectivity index (χ4n) is 2.24. The molecule has 134 valence electrons. The first-order chi connectivity index (χ1) is 11.9. The number of aliphatic carboxylic acids is 1. The molecule has 1 atom stereocenters. The summed E-state index contributed by atoms with van der Waals surface area (Å²) in [6.45, 7) is -0.184. The number of imide groups is 1. The van der Waals surface area contributed by atoms with Crippen LogP contribution in [0.3, 0.4) is 0 Å². The van der Waals surface area contributed by atoms with Crippen LogP contribution in [-0.4, -0.2) is 57.1 Å². The third-order valence-corrected chi connectivity index (χ3v) is 3.67. The van der Waals surface area contributed by atoms with Gasteiger partial charge in [0.2, 0.25) is 0 Å². The minimum Gasteiger partial charge on any atom is -0.480 e. The molecular weight excluding hydrogens is 348 g/mol. The largest absolute Gasteiger partial charge is 0.480 e. The Kier molecular flexibility index (Phi) is 6.06. The Morgan fingerprint density at radius 2 is 2.24 bits per heavy atom. The van der Waals surface area contributed by atoms with Crippen LogP contribution >= 0.6 is 12.2 Å². The third-order valence-electron chi connectivity index (χ3n) is 3.43. The van der Waals surface area contributed by atoms with Crippen molar-refractivity contribution in [3.63, 3.8) is 0 Å². The van der Waals surface area contributed by atoms with Crippen LogP contribution in [0.5, 0.6) is 0 Å². The first kappa shape index (κ1) is 18.4. The highest BCUT2D eigenvalue weighted by atomic mass is 32.1. The second-order valence-electron chi connectivity index (χ2n) is 5.28. The van der Waals surface area contributed by atoms with Gasteiger partial charge in [0.05, 0.1) is 5.69 Å². The summed E-state index contributed by atoms with van der Waals surface area (Å²) in [6, 6.07) is 1.99. The fraction of sp³-hybridized carbons (Fsp3) is 0.357. The van der Waals surface area contributed by atoms with Gasteiger partial charge in [-0.3, -0.25) is 14.5 Å². The number of carboxylic acids is 1. The Balaban J connectivity index is 1.72. The van der Waals surface area contributed by atoms with Crippen LogP contribution in [0.4, 0.5) is 16.3 Å². The number of rotatable bonds is 7. The molecule has 25 heavy (non-hydrogen) atoms. The zero-order valence-corrected chi connectivity index (χ0v) is 14.0. The summed E-state index contributed by atoms with van der Waals surface area (Å²) < 4.78 is 0. The molecule has 0 unspecified atom stereocenters. The molecule has 0 bridgehead atoms. The number of hydrogen-bond acceptors (Lipinski definition) is 6. The summed E-state index contributed by atoms with van der Waals surface area (Å²) in [5, 5.41) is 17.3. The molecule has 1 aliphatic rings. The average molecular weight is 366 g/mol. The maximum atomic E-state index is 12.0. The molecule has 2 rings (SSSR count). The molecule has 2 heterocycles. The number of nitrogens with zero attached hydrogens (tertiary/aromatic N) is 2. The van der Waals surface area contributed by atoms with Gasteiger partial charge in [-0.1, -0.05) is 0 Å². The van der Waals surface area contributed by atoms with Crippen molar-refractivity contribution in [2.24, 2.45) is 0 Å². The van der Waals surface area contributed by atoms with E-state index in [1.165, 1.54) is 0 Å². The molecule has 6 N–H and O–H groups in total. The van der Waals surface area contributed by atoms with Gasteiger partial charge in [-0.2, -0.15) is 0 Å². The van der Waals surface area contributed by atoms with Crippen molar-refractivity contribution in [1.29, 1.82) is 0 Å². The highest BCUT2D eigenvalue weighted by molar-refractivity contribution is 7.80. The SMILES string of the molecule is Nc1cccnc1NC(=S)NCCC[C@@H]1NC(=O)N(CC(=O)O)C1=O. The lowest BCUT2D eigenvalue weighted by atomic mass is 10.1. The van der Waals surface area contributed by atoms with Crippen LogP contribution in [0.25, 0.3) is 0 Å². The zero-order chi connectivity index (χ0) is 18.4. The molecule has 1 aliphatic heterocycles. The summed E-state index contributed by atoms with van der Waals surface area (Å²) in [5.74, 6) is -1.33. The lowest BCUT2D eigenvalue weighted by molar-refractivity contribution is -0.141. The number of anilines is 2. The Morgan fingerprint density at radius 3 is 2.92 bits per heavy atom. The van der Waals surface area contributed by atoms with E-state index in [2.05, 4.69) is 20.9 Å². The van der Waals surface area contributed by atoms with Crippen molar-refractivity contribution in [2.75, 3.05) is 24.1 Å². The van der Waals surface area contributed by atoms with Gasteiger partial charge in [0.15, 0.2) is 10.9 Å². The van der Waals surface area contributed by atoms with E-state index in [0.29, 0.717) is 40.9 Å². The molecule has 0 aromatic carbocycles. The molecule has 1 aromatic heterocycles. The predicted octanol–water partition coefficient (Wildman–Crippen LogP) is -0.265. The fourth-order valence-corrected chi connectivity index (χ4v) is 2.44. The number of pyridine rings is 1. The zero-order valence-electron chi connectivity index (χ0n) is 13.2. The van der Waals surface area contributed by atoms with Gasteiger partial charge in [-0.15, -0.1) is 0 Å². The molecule has 1 fully saturated rings. The van der Waals surface area contributed by atoms with E-state index in [-0.39, 0.29) is 0 Å². The van der Waals surface area contributed by atoms with Crippen LogP contribution in [0.1, 0.15) is 12.8 Å². The number of carbonyl (C=O) groups is 3. The number of amides is 3. The van der Waals surface area contributed by atoms with Gasteiger partial charge < -0.3 is 26.8 Å². The van der Waals surface area contributed by atoms with E-state index >= 15 is 0 Å². The number of nitrogen functional groups attached to an aromatic ring is 1. The van der Waals surface area contributed by atoms with Crippen LogP contribution in [0.15, 0.2) is 18.3 Å². The quantitative estimate of drug-likeness (QED) is 0.250. The van der Waals surface area contributed by atoms with Crippen molar-refractivity contribution < 1.29 is 19.5 Å². The van der Waals surface area contributed by atoms with Crippen molar-refractivity contribution in [1.82, 2.24) is 20.5 Å². The standard InChI is InChI=1S/C14H18N6O4S/c15-8-3-1-5-16-11(8)19-13(25)17-6-2-4-9-12(23)20(7-10(21)22)14(24)18-9/h1,3,5,9H,2,4,6-7,15H2,(H,18,24)(H,21,22)(H2,16,17,19,25)/t9-/m0/s1. The summed E-state index contributed by atoms with van der Waals surface area (Å²) in [4.78, 5) is 38.9. The smallest absolute Gasteiger partial charge is 0.325 e. The Labute approximate surface area is 148 Å². The molecule has 11 heteroatoms. The van der Waals surface area contributed by atoms with E-state index in [0.717, 1.165) is 0 Å². The van der Waals surface area contributed by atoms with E-state index in [1.54, 1.807) is 18.3 Å². The summed E-state index contributed by atoms with van der Waals surface area (Å²) in [6.07, 6.45) is 2.48. The average Bonchev–Trinajstić information content (AvgIpc) is 2.81. The Morgan fingerprint density at radius 1 is 1.48 bits per heavy atom. The minimum absolute atomic E-state index is 0.333. The van der Waals surface area contributed by atoms with Gasteiger partial charge in [-0.25, -0.2) is 9.78 Å². The summed E-state index contributed by atoms with van der Waals surface area (Å²) in [7, 11) is 0. The number of urea groups is 1. The molecule has 1 saturated heterocycles. The lowest BCUT2D eigenvalue weighted by Gasteiger charge is -2.12. The maximum Gasteiger partial charge on any atom is 0.325 e. The number of aromatic nitrogens is 1. The van der Waals surface area contributed by atoms with Gasteiger partial charge in [0, 0.05) is 12.7 Å². The predicted molar refractivity (Wildman–Crippen MR) is 93.8 cm³/mol. The molecule has 0 saturated carbocycles. The topological polar surface area (TPSA) is 150 Å². The highest BCUT2D eigenvalue weighted by Crippen LogP contribution is 2.13. The Hall–Kier alpha value is -2.95. The van der Waals surface area contributed by atoms with E-state index in [4.69, 9.17) is 23.1 Å². The molecule has 0 spiro atoms. The minimum atomic E-state index is -1.24. The molecule has 3 amide bonds. The van der Waals surface area contributed by atoms with E-state index in [9.17, 15) is 14.4 Å². The number of nitrogens with one attached hydrogen (secondary N) is 3. The van der Waals surface area contributed by atoms with Crippen LogP contribution in [0.2, 0.25) is 0 Å². The van der Waals surface area contributed by atoms with Gasteiger partial charge in [0.1, 0.15) is 12.6 Å². The first-order valence-electron chi connectivity index (χ1n) is 7.47. The molecular formula is C14H18N6O4S. The van der Waals surface area contributed by atoms with Crippen LogP contribution in [-0.2, 0) is 9.59 Å². The van der Waals surface area contributed by atoms with Gasteiger partial charge in [-0.05, 0) is 37.2 Å². The van der Waals surface area contributed by atoms with Gasteiger partial charge in [0.25, 0.3) is 5.91 Å². The van der Waals surface area contributed by atoms with Crippen molar-refractivity contribution in [2.45, 2.75) is 18.9 Å². The molecule has 0 radical (unpaired) electrons. The normalized spacial score (nSPS) is 16.5. The maximum absolute atomic E-state index is 12.0. The first-order valence-corrected chi connectivity index (χ1v) is 7.88. The second kappa shape index (κ2) is 8.24. The van der Waals surface area contributed by atoms with Crippen LogP contribution < -0.4 is 21.7 Å². The lowest BCUT2D eigenvalue weighted by Crippen LogP contribution is -2.36. The molecule has 0 aliphatic carbocycles. The van der Waals surface area contributed by atoms with Crippen molar-refractivity contribution in [3.8, 4) is 0 Å². The number of thiocarbonyl (C=S) groups is 1. The van der Waals surface area contributed by atoms with E-state index in [1.807, 2.05) is 0 Å². The Bertz CT molecular complexity index is 698. The molecule has 1 aromatic rings. The summed E-state index contributed by atoms with van der Waals surface area (Å²) >= 11 is 5.12. The van der Waals surface area contributed by atoms with Crippen molar-refractivity contribution in [3.05, 3.63) is 18.3 Å². The number of nitrogens with two attached hydrogens (primary N) is 1. The number of carboxylic acid groups (broad SMARTS) is 1. The monoisotopic (exact) mass is 366 g/mol. The van der Waals surface area contributed by atoms with E-state index < -0.39 is 30.5 Å². The molecule has 10 nitrogen and oxygen atoms in total. The summed E-state index contributed by atoms with van der Waals surface area (Å²) in [5.41, 5.74) is 6.21. The third kappa shape index (κ3) is 5.01. The van der Waals surface area contributed by atoms with Crippen LogP contribution in [0, 0.1) is 0 Å². The second-order valence-corrected chi connectivity index (χ2v) is 5.69. The van der Waals surface area contributed by atoms with Gasteiger partial charge >= 0.3 is 12.0 Å². The number of hydrogen-bond donors (Lipinski definition) is 5. The number of carbonyl (C=O) groups excluding carboxylic acids is 2. The highest BCUT2D eigenvalue weighted by Gasteiger charge is 2.38.